The molecule has 9 heteroatoms. The molecule has 9 nitrogen and oxygen atoms in total. The second kappa shape index (κ2) is 9.09. The third-order valence-electron chi connectivity index (χ3n) is 1.33. The minimum Gasteiger partial charge on any atom is -0.481 e. The molecule has 98 valence electrons. The maximum absolute atomic E-state index is 10.5. The molecule has 7 N–H and O–H groups in total. The molecule has 0 aromatic heterocycles. The third-order valence-corrected chi connectivity index (χ3v) is 1.33. The van der Waals surface area contributed by atoms with Crippen LogP contribution in [0.5, 0.6) is 0 Å². The highest BCUT2D eigenvalue weighted by molar-refractivity contribution is 5.92. The Balaban J connectivity index is 0. The lowest BCUT2D eigenvalue weighted by Crippen LogP contribution is -2.35. The van der Waals surface area contributed by atoms with Crippen LogP contribution >= 0.6 is 0 Å². The molecule has 0 aliphatic rings. The van der Waals surface area contributed by atoms with E-state index in [0.29, 0.717) is 0 Å². The minimum atomic E-state index is -1.19. The van der Waals surface area contributed by atoms with Gasteiger partial charge in [0.1, 0.15) is 12.5 Å². The zero-order valence-corrected chi connectivity index (χ0v) is 9.17. The maximum atomic E-state index is 10.5. The molecule has 0 aliphatic heterocycles. The Morgan fingerprint density at radius 1 is 1.24 bits per heavy atom. The first-order valence-corrected chi connectivity index (χ1v) is 4.39. The first kappa shape index (κ1) is 17.2. The van der Waals surface area contributed by atoms with Crippen molar-refractivity contribution in [1.29, 1.82) is 0 Å². The Bertz CT molecular complexity index is 292. The van der Waals surface area contributed by atoms with Crippen LogP contribution in [0.3, 0.4) is 0 Å². The highest BCUT2D eigenvalue weighted by Crippen LogP contribution is 1.86. The summed E-state index contributed by atoms with van der Waals surface area (Å²) >= 11 is 0. The number of carboxylic acids is 2. The number of hydrogen-bond donors (Lipinski definition) is 5. The van der Waals surface area contributed by atoms with Crippen molar-refractivity contribution in [3.05, 3.63) is 0 Å². The summed E-state index contributed by atoms with van der Waals surface area (Å²) in [5.74, 6) is -3.53. The molecule has 0 aromatic rings. The van der Waals surface area contributed by atoms with E-state index in [9.17, 15) is 19.2 Å². The van der Waals surface area contributed by atoms with Crippen LogP contribution in [-0.2, 0) is 19.2 Å². The van der Waals surface area contributed by atoms with Crippen LogP contribution in [0.15, 0.2) is 0 Å². The number of carbonyl (C=O) groups excluding carboxylic acids is 2. The number of aliphatic carboxylic acids is 2. The molecule has 0 heterocycles. The van der Waals surface area contributed by atoms with Gasteiger partial charge in [-0.1, -0.05) is 0 Å². The third kappa shape index (κ3) is 13.8. The summed E-state index contributed by atoms with van der Waals surface area (Å²) in [5.41, 5.74) is 9.51. The lowest BCUT2D eigenvalue weighted by atomic mass is 10.2. The molecular formula is C8H15N3O6. The van der Waals surface area contributed by atoms with Crippen LogP contribution in [0.2, 0.25) is 0 Å². The van der Waals surface area contributed by atoms with Gasteiger partial charge in [0, 0.05) is 7.05 Å². The smallest absolute Gasteiger partial charge is 0.321 e. The lowest BCUT2D eigenvalue weighted by Gasteiger charge is -2.03. The molecular weight excluding hydrogens is 234 g/mol. The Morgan fingerprint density at radius 2 is 1.71 bits per heavy atom. The quantitative estimate of drug-likeness (QED) is 0.334. The summed E-state index contributed by atoms with van der Waals surface area (Å²) in [6, 6.07) is -1.10. The zero-order valence-electron chi connectivity index (χ0n) is 9.17. The van der Waals surface area contributed by atoms with Gasteiger partial charge in [-0.15, -0.1) is 0 Å². The van der Waals surface area contributed by atoms with Gasteiger partial charge in [-0.2, -0.15) is 0 Å². The Morgan fingerprint density at radius 3 is 1.88 bits per heavy atom. The molecule has 1 atom stereocenters. The zero-order chi connectivity index (χ0) is 14.0. The molecule has 0 aliphatic carbocycles. The van der Waals surface area contributed by atoms with Crippen molar-refractivity contribution >= 4 is 23.8 Å². The average molecular weight is 249 g/mol. The Hall–Kier alpha value is -2.16. The van der Waals surface area contributed by atoms with E-state index >= 15 is 0 Å². The van der Waals surface area contributed by atoms with E-state index in [0.717, 1.165) is 0 Å². The summed E-state index contributed by atoms with van der Waals surface area (Å²) in [6.07, 6.45) is -0.758. The van der Waals surface area contributed by atoms with Crippen molar-refractivity contribution in [2.75, 3.05) is 7.05 Å². The second-order valence-corrected chi connectivity index (χ2v) is 2.86. The van der Waals surface area contributed by atoms with Crippen LogP contribution in [0.25, 0.3) is 0 Å². The van der Waals surface area contributed by atoms with Crippen molar-refractivity contribution in [3.63, 3.8) is 0 Å². The number of carboxylic acid groups (broad SMARTS) is 2. The van der Waals surface area contributed by atoms with E-state index in [1.807, 2.05) is 0 Å². The van der Waals surface area contributed by atoms with Crippen molar-refractivity contribution in [2.45, 2.75) is 18.9 Å². The van der Waals surface area contributed by atoms with E-state index in [1.165, 1.54) is 7.05 Å². The molecule has 0 spiro atoms. The second-order valence-electron chi connectivity index (χ2n) is 2.86. The van der Waals surface area contributed by atoms with E-state index in [1.54, 1.807) is 0 Å². The fraction of sp³-hybridized carbons (Fsp3) is 0.500. The predicted octanol–water partition coefficient (Wildman–Crippen LogP) is -2.52. The van der Waals surface area contributed by atoms with Gasteiger partial charge >= 0.3 is 11.9 Å². The highest BCUT2D eigenvalue weighted by atomic mass is 16.4. The van der Waals surface area contributed by atoms with Crippen molar-refractivity contribution in [1.82, 2.24) is 5.32 Å². The van der Waals surface area contributed by atoms with Crippen LogP contribution in [0, 0.1) is 0 Å². The van der Waals surface area contributed by atoms with Gasteiger partial charge in [-0.3, -0.25) is 19.2 Å². The molecule has 0 aromatic carbocycles. The predicted molar refractivity (Wildman–Crippen MR) is 55.7 cm³/mol. The molecule has 2 amide bonds. The standard InChI is InChI=1S/C5H10N2O3.C3H5NO3/c1-7-4(8)2-3(6)5(9)10;4-2(5)1-3(6)7/h3H,2,6H2,1H3,(H,7,8)(H,9,10);1H2,(H2,4,5)(H,6,7). The normalized spacial score (nSPS) is 10.5. The maximum Gasteiger partial charge on any atom is 0.321 e. The van der Waals surface area contributed by atoms with E-state index < -0.39 is 30.3 Å². The van der Waals surface area contributed by atoms with Gasteiger partial charge in [-0.25, -0.2) is 0 Å². The molecule has 0 fully saturated rings. The molecule has 0 saturated carbocycles. The summed E-state index contributed by atoms with van der Waals surface area (Å²) in [6.45, 7) is 0. The molecule has 0 radical (unpaired) electrons. The van der Waals surface area contributed by atoms with Gasteiger partial charge < -0.3 is 27.0 Å². The largest absolute Gasteiger partial charge is 0.481 e. The van der Waals surface area contributed by atoms with E-state index in [4.69, 9.17) is 15.9 Å². The summed E-state index contributed by atoms with van der Waals surface area (Å²) in [4.78, 5) is 39.7. The molecule has 1 unspecified atom stereocenters. The molecule has 17 heavy (non-hydrogen) atoms. The number of amides is 2. The van der Waals surface area contributed by atoms with Crippen molar-refractivity contribution in [2.24, 2.45) is 11.5 Å². The lowest BCUT2D eigenvalue weighted by molar-refractivity contribution is -0.141. The van der Waals surface area contributed by atoms with Gasteiger partial charge in [0.05, 0.1) is 6.42 Å². The van der Waals surface area contributed by atoms with Crippen molar-refractivity contribution in [3.8, 4) is 0 Å². The fourth-order valence-corrected chi connectivity index (χ4v) is 0.538. The van der Waals surface area contributed by atoms with Gasteiger partial charge in [0.2, 0.25) is 11.8 Å². The number of nitrogens with one attached hydrogen (secondary N) is 1. The monoisotopic (exact) mass is 249 g/mol. The van der Waals surface area contributed by atoms with Crippen LogP contribution in [0.1, 0.15) is 12.8 Å². The van der Waals surface area contributed by atoms with Gasteiger partial charge in [-0.05, 0) is 0 Å². The number of nitrogens with two attached hydrogens (primary N) is 2. The first-order chi connectivity index (χ1) is 7.70. The summed E-state index contributed by atoms with van der Waals surface area (Å²) in [7, 11) is 1.43. The molecule has 0 rings (SSSR count). The molecule has 0 bridgehead atoms. The number of hydrogen-bond acceptors (Lipinski definition) is 5. The Labute approximate surface area is 96.8 Å². The number of rotatable bonds is 5. The van der Waals surface area contributed by atoms with Crippen LogP contribution in [-0.4, -0.2) is 47.1 Å². The number of primary amides is 1. The van der Waals surface area contributed by atoms with Gasteiger partial charge in [0.25, 0.3) is 0 Å². The molecule has 0 saturated heterocycles. The van der Waals surface area contributed by atoms with Crippen LogP contribution < -0.4 is 16.8 Å². The minimum absolute atomic E-state index is 0.175. The summed E-state index contributed by atoms with van der Waals surface area (Å²) in [5, 5.41) is 18.3. The summed E-state index contributed by atoms with van der Waals surface area (Å²) < 4.78 is 0. The Kier molecular flexibility index (Phi) is 9.22. The SMILES string of the molecule is CNC(=O)CC(N)C(=O)O.NC(=O)CC(=O)O. The highest BCUT2D eigenvalue weighted by Gasteiger charge is 2.14. The van der Waals surface area contributed by atoms with Crippen molar-refractivity contribution < 1.29 is 29.4 Å². The van der Waals surface area contributed by atoms with E-state index in [2.05, 4.69) is 11.1 Å². The average Bonchev–Trinajstić information content (AvgIpc) is 2.15. The van der Waals surface area contributed by atoms with Gasteiger partial charge in [0.15, 0.2) is 0 Å². The van der Waals surface area contributed by atoms with Crippen LogP contribution in [0.4, 0.5) is 0 Å². The first-order valence-electron chi connectivity index (χ1n) is 4.39. The number of carbonyl (C=O) groups is 4. The van der Waals surface area contributed by atoms with E-state index in [-0.39, 0.29) is 12.3 Å². The topological polar surface area (TPSA) is 173 Å². The fourth-order valence-electron chi connectivity index (χ4n) is 0.538.